The number of nitrogens with one attached hydrogen (secondary N) is 1. The van der Waals surface area contributed by atoms with Crippen molar-refractivity contribution >= 4 is 40.8 Å². The van der Waals surface area contributed by atoms with Crippen LogP contribution in [0.25, 0.3) is 22.8 Å². The van der Waals surface area contributed by atoms with Crippen LogP contribution in [0.5, 0.6) is 11.5 Å². The summed E-state index contributed by atoms with van der Waals surface area (Å²) in [4.78, 5) is 17.1. The van der Waals surface area contributed by atoms with Gasteiger partial charge in [0.05, 0.1) is 10.7 Å². The summed E-state index contributed by atoms with van der Waals surface area (Å²) in [6.45, 7) is 1.97. The lowest BCUT2D eigenvalue weighted by Gasteiger charge is -2.09. The number of nitrogen functional groups attached to an aromatic ring is 1. The highest BCUT2D eigenvalue weighted by Crippen LogP contribution is 2.37. The van der Waals surface area contributed by atoms with Crippen molar-refractivity contribution in [1.82, 2.24) is 19.9 Å². The van der Waals surface area contributed by atoms with Crippen LogP contribution < -0.4 is 20.5 Å². The number of benzene rings is 2. The molecule has 12 heteroatoms. The molecule has 174 valence electrons. The number of halogens is 1. The van der Waals surface area contributed by atoms with Gasteiger partial charge in [0.15, 0.2) is 11.5 Å². The monoisotopic (exact) mass is 498 g/mol. The van der Waals surface area contributed by atoms with E-state index in [1.54, 1.807) is 24.3 Å². The van der Waals surface area contributed by atoms with Crippen LogP contribution in [0.3, 0.4) is 0 Å². The smallest absolute Gasteiger partial charge is 0.264 e. The van der Waals surface area contributed by atoms with Crippen LogP contribution in [-0.2, 0) is 11.3 Å². The maximum atomic E-state index is 12.6. The van der Waals surface area contributed by atoms with Gasteiger partial charge in [0.1, 0.15) is 23.0 Å². The second kappa shape index (κ2) is 8.92. The highest BCUT2D eigenvalue weighted by Gasteiger charge is 2.24. The van der Waals surface area contributed by atoms with Gasteiger partial charge in [0, 0.05) is 5.56 Å². The molecule has 0 spiro atoms. The molecule has 2 aromatic carbocycles. The van der Waals surface area contributed by atoms with E-state index in [-0.39, 0.29) is 31.0 Å². The van der Waals surface area contributed by atoms with E-state index in [2.05, 4.69) is 20.6 Å². The van der Waals surface area contributed by atoms with Crippen LogP contribution in [0.4, 0.5) is 11.5 Å². The number of ether oxygens (including phenoxy) is 2. The maximum absolute atomic E-state index is 12.6. The standard InChI is InChI=1S/C22H19ClN6O4S/c1-11-3-5-14(13(23)7-11)25-17(30)9-29-19(24)18(22(27-29)34-2)21-26-20(28-33-21)12-4-6-15-16(8-12)32-10-31-15/h3-8H,9-10,24H2,1-2H3,(H,25,30). The number of carbonyl (C=O) groups excluding carboxylic acids is 1. The number of fused-ring (bicyclic) bond motifs is 1. The van der Waals surface area contributed by atoms with E-state index in [4.69, 9.17) is 31.3 Å². The number of aromatic nitrogens is 4. The van der Waals surface area contributed by atoms with Gasteiger partial charge in [-0.25, -0.2) is 4.68 Å². The molecule has 5 rings (SSSR count). The summed E-state index contributed by atoms with van der Waals surface area (Å²) in [5.74, 6) is 1.73. The lowest BCUT2D eigenvalue weighted by Crippen LogP contribution is -2.20. The number of nitrogens with zero attached hydrogens (tertiary/aromatic N) is 4. The number of nitrogens with two attached hydrogens (primary N) is 1. The molecule has 34 heavy (non-hydrogen) atoms. The zero-order chi connectivity index (χ0) is 23.8. The Morgan fingerprint density at radius 2 is 2.06 bits per heavy atom. The van der Waals surface area contributed by atoms with Crippen LogP contribution in [0, 0.1) is 6.92 Å². The highest BCUT2D eigenvalue weighted by molar-refractivity contribution is 7.98. The Morgan fingerprint density at radius 3 is 2.85 bits per heavy atom. The van der Waals surface area contributed by atoms with E-state index in [0.29, 0.717) is 44.2 Å². The van der Waals surface area contributed by atoms with E-state index < -0.39 is 0 Å². The van der Waals surface area contributed by atoms with Gasteiger partial charge in [-0.15, -0.1) is 11.8 Å². The first-order valence-electron chi connectivity index (χ1n) is 10.1. The normalized spacial score (nSPS) is 12.2. The Kier molecular flexibility index (Phi) is 5.80. The fraction of sp³-hybridized carbons (Fsp3) is 0.182. The molecule has 0 bridgehead atoms. The molecule has 1 aliphatic rings. The minimum absolute atomic E-state index is 0.118. The minimum atomic E-state index is -0.328. The first-order chi connectivity index (χ1) is 16.4. The van der Waals surface area contributed by atoms with Gasteiger partial charge in [-0.3, -0.25) is 4.79 Å². The number of hydrogen-bond acceptors (Lipinski definition) is 9. The fourth-order valence-electron chi connectivity index (χ4n) is 3.44. The Labute approximate surface area is 203 Å². The molecule has 2 aromatic heterocycles. The van der Waals surface area contributed by atoms with Crippen molar-refractivity contribution in [3.05, 3.63) is 47.0 Å². The summed E-state index contributed by atoms with van der Waals surface area (Å²) < 4.78 is 17.6. The van der Waals surface area contributed by atoms with Crippen molar-refractivity contribution in [2.45, 2.75) is 18.5 Å². The SMILES string of the molecule is CSc1nn(CC(=O)Nc2ccc(C)cc2Cl)c(N)c1-c1nc(-c2ccc3c(c2)OCO3)no1. The molecular formula is C22H19ClN6O4S. The van der Waals surface area contributed by atoms with Crippen molar-refractivity contribution in [1.29, 1.82) is 0 Å². The highest BCUT2D eigenvalue weighted by atomic mass is 35.5. The van der Waals surface area contributed by atoms with Crippen LogP contribution in [0.1, 0.15) is 5.56 Å². The Bertz CT molecular complexity index is 1400. The molecule has 0 saturated carbocycles. The predicted octanol–water partition coefficient (Wildman–Crippen LogP) is 4.23. The molecular weight excluding hydrogens is 480 g/mol. The first-order valence-corrected chi connectivity index (χ1v) is 11.7. The van der Waals surface area contributed by atoms with Crippen molar-refractivity contribution < 1.29 is 18.8 Å². The summed E-state index contributed by atoms with van der Waals surface area (Å²) in [5, 5.41) is 12.3. The van der Waals surface area contributed by atoms with Gasteiger partial charge in [0.2, 0.25) is 18.5 Å². The molecule has 1 amide bonds. The average molecular weight is 499 g/mol. The van der Waals surface area contributed by atoms with Crippen LogP contribution >= 0.6 is 23.4 Å². The Hall–Kier alpha value is -3.70. The van der Waals surface area contributed by atoms with E-state index >= 15 is 0 Å². The van der Waals surface area contributed by atoms with Gasteiger partial charge in [-0.1, -0.05) is 22.8 Å². The lowest BCUT2D eigenvalue weighted by atomic mass is 10.2. The number of anilines is 2. The minimum Gasteiger partial charge on any atom is -0.454 e. The number of hydrogen-bond donors (Lipinski definition) is 2. The van der Waals surface area contributed by atoms with Crippen molar-refractivity contribution in [3.63, 3.8) is 0 Å². The molecule has 0 saturated heterocycles. The van der Waals surface area contributed by atoms with Gasteiger partial charge < -0.3 is 25.0 Å². The molecule has 0 atom stereocenters. The van der Waals surface area contributed by atoms with Crippen LogP contribution in [0.2, 0.25) is 5.02 Å². The number of amides is 1. The molecule has 0 aliphatic carbocycles. The molecule has 0 fully saturated rings. The number of rotatable bonds is 6. The Morgan fingerprint density at radius 1 is 1.24 bits per heavy atom. The van der Waals surface area contributed by atoms with Crippen molar-refractivity contribution in [3.8, 4) is 34.3 Å². The third kappa shape index (κ3) is 4.15. The lowest BCUT2D eigenvalue weighted by molar-refractivity contribution is -0.116. The predicted molar refractivity (Wildman–Crippen MR) is 128 cm³/mol. The number of thioether (sulfide) groups is 1. The van der Waals surface area contributed by atoms with E-state index in [0.717, 1.165) is 5.56 Å². The molecule has 3 heterocycles. The summed E-state index contributed by atoms with van der Waals surface area (Å²) in [7, 11) is 0. The van der Waals surface area contributed by atoms with Gasteiger partial charge >= 0.3 is 0 Å². The molecule has 3 N–H and O–H groups in total. The summed E-state index contributed by atoms with van der Waals surface area (Å²) >= 11 is 7.57. The zero-order valence-corrected chi connectivity index (χ0v) is 19.7. The third-order valence-corrected chi connectivity index (χ3v) is 6.10. The van der Waals surface area contributed by atoms with Crippen molar-refractivity contribution in [2.75, 3.05) is 24.1 Å². The summed E-state index contributed by atoms with van der Waals surface area (Å²) in [6.07, 6.45) is 1.84. The quantitative estimate of drug-likeness (QED) is 0.375. The summed E-state index contributed by atoms with van der Waals surface area (Å²) in [6, 6.07) is 10.8. The maximum Gasteiger partial charge on any atom is 0.264 e. The molecule has 10 nitrogen and oxygen atoms in total. The van der Waals surface area contributed by atoms with E-state index in [1.165, 1.54) is 16.4 Å². The number of aryl methyl sites for hydroxylation is 1. The van der Waals surface area contributed by atoms with Crippen LogP contribution in [-0.4, -0.2) is 38.9 Å². The third-order valence-electron chi connectivity index (χ3n) is 5.12. The van der Waals surface area contributed by atoms with Gasteiger partial charge in [-0.2, -0.15) is 10.1 Å². The fourth-order valence-corrected chi connectivity index (χ4v) is 4.30. The van der Waals surface area contributed by atoms with E-state index in [1.807, 2.05) is 25.3 Å². The van der Waals surface area contributed by atoms with Gasteiger partial charge in [0.25, 0.3) is 5.89 Å². The second-order valence-electron chi connectivity index (χ2n) is 7.45. The molecule has 1 aliphatic heterocycles. The molecule has 0 radical (unpaired) electrons. The van der Waals surface area contributed by atoms with Gasteiger partial charge in [-0.05, 0) is 49.1 Å². The Balaban J connectivity index is 1.39. The number of carbonyl (C=O) groups is 1. The first kappa shape index (κ1) is 22.1. The zero-order valence-electron chi connectivity index (χ0n) is 18.2. The van der Waals surface area contributed by atoms with E-state index in [9.17, 15) is 4.79 Å². The average Bonchev–Trinajstić information content (AvgIpc) is 3.54. The second-order valence-corrected chi connectivity index (χ2v) is 8.65. The topological polar surface area (TPSA) is 130 Å². The van der Waals surface area contributed by atoms with Crippen molar-refractivity contribution in [2.24, 2.45) is 0 Å². The largest absolute Gasteiger partial charge is 0.454 e. The molecule has 0 unspecified atom stereocenters. The summed E-state index contributed by atoms with van der Waals surface area (Å²) in [5.41, 5.74) is 9.01. The van der Waals surface area contributed by atoms with Crippen LogP contribution in [0.15, 0.2) is 45.9 Å². The molecule has 4 aromatic rings.